The van der Waals surface area contributed by atoms with Crippen LogP contribution < -0.4 is 5.32 Å². The van der Waals surface area contributed by atoms with Crippen LogP contribution in [-0.2, 0) is 4.74 Å². The number of nitrogens with one attached hydrogen (secondary N) is 1. The van der Waals surface area contributed by atoms with E-state index in [0.29, 0.717) is 6.04 Å². The van der Waals surface area contributed by atoms with Crippen LogP contribution in [0.25, 0.3) is 0 Å². The molecule has 3 unspecified atom stereocenters. The van der Waals surface area contributed by atoms with Crippen LogP contribution in [0.4, 0.5) is 0 Å². The van der Waals surface area contributed by atoms with Crippen LogP contribution in [0.1, 0.15) is 62.9 Å². The average molecular weight is 295 g/mol. The van der Waals surface area contributed by atoms with E-state index in [1.165, 1.54) is 36.1 Å². The summed E-state index contributed by atoms with van der Waals surface area (Å²) in [6.45, 7) is 10.7. The maximum Gasteiger partial charge on any atom is 0.0879 e. The largest absolute Gasteiger partial charge is 0.373 e. The second-order valence-corrected chi connectivity index (χ2v) is 7.24. The Morgan fingerprint density at radius 3 is 2.85 bits per heavy atom. The summed E-state index contributed by atoms with van der Waals surface area (Å²) in [5.74, 6) is 0.760. The van der Waals surface area contributed by atoms with Crippen molar-refractivity contribution in [3.05, 3.63) is 21.9 Å². The molecule has 2 nitrogen and oxygen atoms in total. The number of rotatable bonds is 6. The first-order valence-electron chi connectivity index (χ1n) is 8.04. The Morgan fingerprint density at radius 1 is 1.50 bits per heavy atom. The van der Waals surface area contributed by atoms with Crippen molar-refractivity contribution in [1.82, 2.24) is 5.32 Å². The molecule has 1 saturated carbocycles. The fourth-order valence-electron chi connectivity index (χ4n) is 3.79. The fourth-order valence-corrected chi connectivity index (χ4v) is 4.53. The van der Waals surface area contributed by atoms with E-state index in [4.69, 9.17) is 4.74 Å². The molecule has 2 rings (SSSR count). The highest BCUT2D eigenvalue weighted by atomic mass is 32.1. The zero-order valence-electron chi connectivity index (χ0n) is 13.4. The van der Waals surface area contributed by atoms with Gasteiger partial charge in [-0.25, -0.2) is 0 Å². The van der Waals surface area contributed by atoms with E-state index in [9.17, 15) is 0 Å². The lowest BCUT2D eigenvalue weighted by molar-refractivity contribution is -0.101. The zero-order valence-corrected chi connectivity index (χ0v) is 14.2. The highest BCUT2D eigenvalue weighted by Gasteiger charge is 2.43. The quantitative estimate of drug-likeness (QED) is 0.822. The van der Waals surface area contributed by atoms with E-state index < -0.39 is 0 Å². The van der Waals surface area contributed by atoms with Gasteiger partial charge < -0.3 is 10.1 Å². The highest BCUT2D eigenvalue weighted by Crippen LogP contribution is 2.45. The predicted octanol–water partition coefficient (Wildman–Crippen LogP) is 4.69. The van der Waals surface area contributed by atoms with Crippen molar-refractivity contribution in [2.24, 2.45) is 5.92 Å². The average Bonchev–Trinajstić information content (AvgIpc) is 2.82. The van der Waals surface area contributed by atoms with Gasteiger partial charge in [-0.1, -0.05) is 26.7 Å². The maximum absolute atomic E-state index is 6.38. The summed E-state index contributed by atoms with van der Waals surface area (Å²) in [6, 6.07) is 2.62. The molecule has 0 amide bonds. The van der Waals surface area contributed by atoms with Crippen LogP contribution in [0, 0.1) is 12.8 Å². The van der Waals surface area contributed by atoms with E-state index in [1.807, 2.05) is 11.3 Å². The third-order valence-corrected chi connectivity index (χ3v) is 5.43. The molecule has 0 bridgehead atoms. The third-order valence-electron chi connectivity index (χ3n) is 4.57. The summed E-state index contributed by atoms with van der Waals surface area (Å²) >= 11 is 1.84. The van der Waals surface area contributed by atoms with Gasteiger partial charge in [0.2, 0.25) is 0 Å². The lowest BCUT2D eigenvalue weighted by atomic mass is 9.72. The van der Waals surface area contributed by atoms with Gasteiger partial charge in [0, 0.05) is 11.5 Å². The lowest BCUT2D eigenvalue weighted by Crippen LogP contribution is -2.49. The molecule has 0 radical (unpaired) electrons. The normalized spacial score (nSPS) is 28.5. The Labute approximate surface area is 127 Å². The number of hydrogen-bond donors (Lipinski definition) is 1. The zero-order chi connectivity index (χ0) is 14.6. The van der Waals surface area contributed by atoms with Crippen molar-refractivity contribution < 1.29 is 4.74 Å². The van der Waals surface area contributed by atoms with Crippen LogP contribution >= 0.6 is 11.3 Å². The van der Waals surface area contributed by atoms with Crippen LogP contribution in [0.3, 0.4) is 0 Å². The van der Waals surface area contributed by atoms with Crippen molar-refractivity contribution in [3.8, 4) is 0 Å². The molecule has 20 heavy (non-hydrogen) atoms. The smallest absolute Gasteiger partial charge is 0.0879 e. The molecular formula is C17H29NOS. The first-order chi connectivity index (χ1) is 9.63. The maximum atomic E-state index is 6.38. The number of likely N-dealkylation sites (N-methyl/N-ethyl adjacent to an activating group) is 1. The molecule has 0 aliphatic heterocycles. The number of thiophene rings is 1. The minimum atomic E-state index is -0.0196. The van der Waals surface area contributed by atoms with Gasteiger partial charge in [0.15, 0.2) is 0 Å². The fraction of sp³-hybridized carbons (Fsp3) is 0.765. The number of aryl methyl sites for hydroxylation is 1. The molecular weight excluding hydrogens is 266 g/mol. The molecule has 3 atom stereocenters. The van der Waals surface area contributed by atoms with Gasteiger partial charge >= 0.3 is 0 Å². The Balaban J connectivity index is 2.34. The minimum absolute atomic E-state index is 0.0196. The summed E-state index contributed by atoms with van der Waals surface area (Å²) in [7, 11) is 0. The Bertz CT molecular complexity index is 413. The molecule has 0 saturated heterocycles. The molecule has 1 aliphatic carbocycles. The van der Waals surface area contributed by atoms with Gasteiger partial charge in [-0.05, 0) is 56.2 Å². The van der Waals surface area contributed by atoms with Gasteiger partial charge in [0.05, 0.1) is 11.6 Å². The van der Waals surface area contributed by atoms with E-state index in [2.05, 4.69) is 44.5 Å². The van der Waals surface area contributed by atoms with Crippen molar-refractivity contribution in [2.75, 3.05) is 13.2 Å². The summed E-state index contributed by atoms with van der Waals surface area (Å²) in [5, 5.41) is 5.93. The second-order valence-electron chi connectivity index (χ2n) is 6.12. The minimum Gasteiger partial charge on any atom is -0.373 e. The summed E-state index contributed by atoms with van der Waals surface area (Å²) < 4.78 is 6.38. The van der Waals surface area contributed by atoms with E-state index >= 15 is 0 Å². The predicted molar refractivity (Wildman–Crippen MR) is 87.5 cm³/mol. The van der Waals surface area contributed by atoms with Gasteiger partial charge in [-0.2, -0.15) is 0 Å². The van der Waals surface area contributed by atoms with Gasteiger partial charge in [0.1, 0.15) is 0 Å². The third kappa shape index (κ3) is 3.26. The standard InChI is InChI=1S/C17H29NOS/c1-5-18-16(15-9-11-20-14(15)4)17(19-6-2)10-7-8-13(3)12-17/h9,11,13,16,18H,5-8,10,12H2,1-4H3. The monoisotopic (exact) mass is 295 g/mol. The van der Waals surface area contributed by atoms with Crippen LogP contribution in [0.15, 0.2) is 11.4 Å². The molecule has 1 N–H and O–H groups in total. The molecule has 0 spiro atoms. The summed E-state index contributed by atoms with van der Waals surface area (Å²) in [6.07, 6.45) is 4.98. The summed E-state index contributed by atoms with van der Waals surface area (Å²) in [5.41, 5.74) is 1.42. The van der Waals surface area contributed by atoms with Gasteiger partial charge in [-0.3, -0.25) is 0 Å². The van der Waals surface area contributed by atoms with Crippen LogP contribution in [0.5, 0.6) is 0 Å². The van der Waals surface area contributed by atoms with Crippen LogP contribution in [-0.4, -0.2) is 18.8 Å². The number of ether oxygens (including phenoxy) is 1. The molecule has 1 fully saturated rings. The Hall–Kier alpha value is -0.380. The molecule has 1 aromatic rings. The van der Waals surface area contributed by atoms with Crippen molar-refractivity contribution in [2.45, 2.75) is 65.0 Å². The lowest BCUT2D eigenvalue weighted by Gasteiger charge is -2.45. The van der Waals surface area contributed by atoms with E-state index in [-0.39, 0.29) is 5.60 Å². The van der Waals surface area contributed by atoms with E-state index in [1.54, 1.807) is 0 Å². The molecule has 114 valence electrons. The van der Waals surface area contributed by atoms with E-state index in [0.717, 1.165) is 19.1 Å². The van der Waals surface area contributed by atoms with Gasteiger partial charge in [-0.15, -0.1) is 11.3 Å². The van der Waals surface area contributed by atoms with Crippen molar-refractivity contribution in [1.29, 1.82) is 0 Å². The van der Waals surface area contributed by atoms with Crippen molar-refractivity contribution >= 4 is 11.3 Å². The Morgan fingerprint density at radius 2 is 2.30 bits per heavy atom. The topological polar surface area (TPSA) is 21.3 Å². The van der Waals surface area contributed by atoms with Gasteiger partial charge in [0.25, 0.3) is 0 Å². The second kappa shape index (κ2) is 7.06. The molecule has 1 heterocycles. The molecule has 1 aliphatic rings. The van der Waals surface area contributed by atoms with Crippen molar-refractivity contribution in [3.63, 3.8) is 0 Å². The number of hydrogen-bond acceptors (Lipinski definition) is 3. The molecule has 0 aromatic carbocycles. The molecule has 3 heteroatoms. The highest BCUT2D eigenvalue weighted by molar-refractivity contribution is 7.10. The van der Waals surface area contributed by atoms with Crippen LogP contribution in [0.2, 0.25) is 0 Å². The molecule has 1 aromatic heterocycles. The first kappa shape index (κ1) is 16.0. The Kier molecular flexibility index (Phi) is 5.65. The summed E-state index contributed by atoms with van der Waals surface area (Å²) in [4.78, 5) is 1.42. The SMILES string of the molecule is CCNC(c1ccsc1C)C1(OCC)CCCC(C)C1. The first-order valence-corrected chi connectivity index (χ1v) is 8.92.